The molecule has 182 valence electrons. The fourth-order valence-corrected chi connectivity index (χ4v) is 5.50. The zero-order valence-electron chi connectivity index (χ0n) is 18.9. The SMILES string of the molecule is Cc1ccc(OCNc2nnc(CCSCCc3nnc(N=COc4ccc(Br)cc4)s3)s2)cc1. The Morgan fingerprint density at radius 2 is 1.60 bits per heavy atom. The van der Waals surface area contributed by atoms with Gasteiger partial charge in [-0.05, 0) is 54.8 Å². The van der Waals surface area contributed by atoms with Gasteiger partial charge in [-0.3, -0.25) is 0 Å². The molecule has 0 aliphatic carbocycles. The van der Waals surface area contributed by atoms with Crippen LogP contribution in [0, 0.1) is 6.92 Å². The molecule has 35 heavy (non-hydrogen) atoms. The minimum Gasteiger partial charge on any atom is -0.473 e. The fraction of sp³-hybridized carbons (Fsp3) is 0.261. The van der Waals surface area contributed by atoms with E-state index in [0.29, 0.717) is 17.6 Å². The maximum Gasteiger partial charge on any atom is 0.234 e. The normalized spacial score (nSPS) is 11.1. The van der Waals surface area contributed by atoms with Gasteiger partial charge >= 0.3 is 0 Å². The molecule has 2 aromatic heterocycles. The lowest BCUT2D eigenvalue weighted by atomic mass is 10.2. The average molecular weight is 592 g/mol. The van der Waals surface area contributed by atoms with Crippen LogP contribution in [0.25, 0.3) is 0 Å². The highest BCUT2D eigenvalue weighted by molar-refractivity contribution is 9.10. The second-order valence-corrected chi connectivity index (χ2v) is 11.4. The zero-order chi connectivity index (χ0) is 24.3. The van der Waals surface area contributed by atoms with Gasteiger partial charge in [0, 0.05) is 17.3 Å². The third-order valence-electron chi connectivity index (χ3n) is 4.49. The lowest BCUT2D eigenvalue weighted by Gasteiger charge is -2.06. The number of nitrogens with zero attached hydrogens (tertiary/aromatic N) is 5. The van der Waals surface area contributed by atoms with Gasteiger partial charge in [0.1, 0.15) is 21.5 Å². The number of halogens is 1. The summed E-state index contributed by atoms with van der Waals surface area (Å²) in [6.07, 6.45) is 3.12. The monoisotopic (exact) mass is 590 g/mol. The Labute approximate surface area is 224 Å². The molecule has 0 saturated heterocycles. The molecule has 0 atom stereocenters. The number of aliphatic imine (C=N–C) groups is 1. The fourth-order valence-electron chi connectivity index (χ4n) is 2.71. The number of nitrogens with one attached hydrogen (secondary N) is 1. The topological polar surface area (TPSA) is 94.4 Å². The molecule has 0 unspecified atom stereocenters. The summed E-state index contributed by atoms with van der Waals surface area (Å²) in [5.41, 5.74) is 1.21. The number of ether oxygens (including phenoxy) is 2. The van der Waals surface area contributed by atoms with E-state index < -0.39 is 0 Å². The van der Waals surface area contributed by atoms with Gasteiger partial charge in [-0.2, -0.15) is 16.8 Å². The number of rotatable bonds is 13. The summed E-state index contributed by atoms with van der Waals surface area (Å²) in [6, 6.07) is 15.5. The third kappa shape index (κ3) is 8.88. The van der Waals surface area contributed by atoms with E-state index in [-0.39, 0.29) is 0 Å². The predicted molar refractivity (Wildman–Crippen MR) is 148 cm³/mol. The highest BCUT2D eigenvalue weighted by Gasteiger charge is 2.06. The second-order valence-electron chi connectivity index (χ2n) is 7.18. The number of aryl methyl sites for hydroxylation is 3. The number of anilines is 1. The number of hydrogen-bond acceptors (Lipinski definition) is 11. The van der Waals surface area contributed by atoms with E-state index in [2.05, 4.69) is 53.6 Å². The van der Waals surface area contributed by atoms with Crippen LogP contribution in [0.4, 0.5) is 10.3 Å². The Morgan fingerprint density at radius 3 is 2.37 bits per heavy atom. The molecule has 4 rings (SSSR count). The first-order valence-electron chi connectivity index (χ1n) is 10.7. The van der Waals surface area contributed by atoms with Crippen molar-refractivity contribution in [3.63, 3.8) is 0 Å². The van der Waals surface area contributed by atoms with Gasteiger partial charge in [0.05, 0.1) is 0 Å². The molecule has 4 aromatic rings. The molecule has 0 aliphatic heterocycles. The third-order valence-corrected chi connectivity index (χ3v) is 7.84. The van der Waals surface area contributed by atoms with Gasteiger partial charge < -0.3 is 14.8 Å². The second kappa shape index (κ2) is 13.5. The van der Waals surface area contributed by atoms with Crippen molar-refractivity contribution < 1.29 is 9.47 Å². The zero-order valence-corrected chi connectivity index (χ0v) is 22.9. The lowest BCUT2D eigenvalue weighted by Crippen LogP contribution is -2.08. The maximum absolute atomic E-state index is 5.67. The van der Waals surface area contributed by atoms with Crippen LogP contribution in [0.2, 0.25) is 0 Å². The van der Waals surface area contributed by atoms with Crippen LogP contribution in [0.5, 0.6) is 11.5 Å². The molecular weight excluding hydrogens is 568 g/mol. The summed E-state index contributed by atoms with van der Waals surface area (Å²) in [5.74, 6) is 3.47. The molecule has 0 bridgehead atoms. The molecule has 0 fully saturated rings. The van der Waals surface area contributed by atoms with Gasteiger partial charge in [-0.1, -0.05) is 56.3 Å². The van der Waals surface area contributed by atoms with Crippen molar-refractivity contribution >= 4 is 67.0 Å². The smallest absolute Gasteiger partial charge is 0.234 e. The number of thioether (sulfide) groups is 1. The highest BCUT2D eigenvalue weighted by atomic mass is 79.9. The number of benzene rings is 2. The summed E-state index contributed by atoms with van der Waals surface area (Å²) in [5, 5.41) is 23.2. The summed E-state index contributed by atoms with van der Waals surface area (Å²) in [6.45, 7) is 2.41. The maximum atomic E-state index is 5.67. The molecule has 0 saturated carbocycles. The summed E-state index contributed by atoms with van der Waals surface area (Å²) in [7, 11) is 0. The van der Waals surface area contributed by atoms with Crippen LogP contribution >= 0.6 is 50.4 Å². The molecule has 0 spiro atoms. The Kier molecular flexibility index (Phi) is 9.87. The van der Waals surface area contributed by atoms with Crippen molar-refractivity contribution in [2.24, 2.45) is 4.99 Å². The van der Waals surface area contributed by atoms with Crippen molar-refractivity contribution in [3.05, 3.63) is 68.6 Å². The van der Waals surface area contributed by atoms with Crippen LogP contribution < -0.4 is 14.8 Å². The van der Waals surface area contributed by atoms with E-state index in [1.165, 1.54) is 23.3 Å². The largest absolute Gasteiger partial charge is 0.473 e. The van der Waals surface area contributed by atoms with Crippen LogP contribution in [-0.4, -0.2) is 45.0 Å². The number of hydrogen-bond donors (Lipinski definition) is 1. The minimum absolute atomic E-state index is 0.358. The molecule has 1 N–H and O–H groups in total. The quantitative estimate of drug-likeness (QED) is 0.0855. The van der Waals surface area contributed by atoms with Gasteiger partial charge in [-0.25, -0.2) is 0 Å². The summed E-state index contributed by atoms with van der Waals surface area (Å²) < 4.78 is 12.1. The van der Waals surface area contributed by atoms with Gasteiger partial charge in [-0.15, -0.1) is 20.4 Å². The summed E-state index contributed by atoms with van der Waals surface area (Å²) in [4.78, 5) is 4.22. The van der Waals surface area contributed by atoms with Gasteiger partial charge in [0.15, 0.2) is 13.1 Å². The molecule has 8 nitrogen and oxygen atoms in total. The Bertz CT molecular complexity index is 1210. The van der Waals surface area contributed by atoms with Gasteiger partial charge in [0.2, 0.25) is 10.3 Å². The first-order valence-corrected chi connectivity index (χ1v) is 14.3. The van der Waals surface area contributed by atoms with Crippen molar-refractivity contribution in [2.75, 3.05) is 23.6 Å². The average Bonchev–Trinajstić information content (AvgIpc) is 3.51. The predicted octanol–water partition coefficient (Wildman–Crippen LogP) is 6.17. The van der Waals surface area contributed by atoms with Gasteiger partial charge in [0.25, 0.3) is 0 Å². The molecule has 2 heterocycles. The Hall–Kier alpha value is -2.54. The van der Waals surface area contributed by atoms with Crippen LogP contribution in [0.1, 0.15) is 15.6 Å². The molecule has 0 amide bonds. The Morgan fingerprint density at radius 1 is 0.914 bits per heavy atom. The molecule has 0 aliphatic rings. The van der Waals surface area contributed by atoms with E-state index in [9.17, 15) is 0 Å². The molecule has 0 radical (unpaired) electrons. The first-order chi connectivity index (χ1) is 17.1. The summed E-state index contributed by atoms with van der Waals surface area (Å²) >= 11 is 8.28. The molecule has 2 aromatic carbocycles. The van der Waals surface area contributed by atoms with Crippen LogP contribution in [-0.2, 0) is 12.8 Å². The van der Waals surface area contributed by atoms with E-state index in [4.69, 9.17) is 9.47 Å². The van der Waals surface area contributed by atoms with E-state index in [1.807, 2.05) is 60.3 Å². The highest BCUT2D eigenvalue weighted by Crippen LogP contribution is 2.22. The van der Waals surface area contributed by atoms with Crippen molar-refractivity contribution in [1.82, 2.24) is 20.4 Å². The molecular formula is C23H23BrN6O2S3. The van der Waals surface area contributed by atoms with E-state index in [1.54, 1.807) is 11.3 Å². The molecule has 12 heteroatoms. The van der Waals surface area contributed by atoms with Crippen molar-refractivity contribution in [2.45, 2.75) is 19.8 Å². The van der Waals surface area contributed by atoms with Crippen LogP contribution in [0.3, 0.4) is 0 Å². The van der Waals surface area contributed by atoms with E-state index >= 15 is 0 Å². The van der Waals surface area contributed by atoms with Crippen LogP contribution in [0.15, 0.2) is 58.0 Å². The Balaban J connectivity index is 1.09. The van der Waals surface area contributed by atoms with Crippen molar-refractivity contribution in [3.8, 4) is 11.5 Å². The standard InChI is InChI=1S/C23H23BrN6O2S3/c1-16-2-6-18(7-3-16)31-14-25-22-29-27-20(34-22)10-12-33-13-11-21-28-30-23(35-21)26-15-32-19-8-4-17(24)5-9-19/h2-9,15H,10-14H2,1H3,(H,25,29). The minimum atomic E-state index is 0.358. The van der Waals surface area contributed by atoms with E-state index in [0.717, 1.165) is 49.7 Å². The van der Waals surface area contributed by atoms with Crippen molar-refractivity contribution in [1.29, 1.82) is 0 Å². The number of aromatic nitrogens is 4. The first kappa shape index (κ1) is 25.5. The lowest BCUT2D eigenvalue weighted by molar-refractivity contribution is 0.346.